The molecule has 0 aliphatic carbocycles. The minimum Gasteiger partial charge on any atom is -0.356 e. The Morgan fingerprint density at radius 3 is 3.04 bits per heavy atom. The lowest BCUT2D eigenvalue weighted by molar-refractivity contribution is 0.0945. The highest BCUT2D eigenvalue weighted by molar-refractivity contribution is 5.91. The summed E-state index contributed by atoms with van der Waals surface area (Å²) in [5, 5.41) is 19.7. The summed E-state index contributed by atoms with van der Waals surface area (Å²) in [7, 11) is 0. The SMILES string of the molecule is Cc1ccc(C(=O)NCCC2CCCN(c3ccnc(C#N)n3)C2)nn1. The van der Waals surface area contributed by atoms with Crippen molar-refractivity contribution in [2.75, 3.05) is 24.5 Å². The Balaban J connectivity index is 1.50. The van der Waals surface area contributed by atoms with Crippen LogP contribution in [0.4, 0.5) is 5.82 Å². The lowest BCUT2D eigenvalue weighted by Gasteiger charge is -2.33. The van der Waals surface area contributed by atoms with E-state index in [1.54, 1.807) is 18.3 Å². The molecule has 1 aliphatic heterocycles. The summed E-state index contributed by atoms with van der Waals surface area (Å²) in [6.07, 6.45) is 4.69. The molecule has 2 aromatic heterocycles. The van der Waals surface area contributed by atoms with Crippen LogP contribution in [-0.4, -0.2) is 45.7 Å². The topological polar surface area (TPSA) is 108 Å². The fourth-order valence-corrected chi connectivity index (χ4v) is 3.09. The zero-order chi connectivity index (χ0) is 18.4. The van der Waals surface area contributed by atoms with Crippen LogP contribution >= 0.6 is 0 Å². The molecule has 0 aromatic carbocycles. The molecule has 0 radical (unpaired) electrons. The molecule has 3 rings (SSSR count). The van der Waals surface area contributed by atoms with Gasteiger partial charge in [0, 0.05) is 25.8 Å². The minimum absolute atomic E-state index is 0.191. The van der Waals surface area contributed by atoms with E-state index in [0.29, 0.717) is 18.2 Å². The fourth-order valence-electron chi connectivity index (χ4n) is 3.09. The molecule has 2 aromatic rings. The van der Waals surface area contributed by atoms with Crippen LogP contribution < -0.4 is 10.2 Å². The molecule has 1 saturated heterocycles. The number of aryl methyl sites for hydroxylation is 1. The normalized spacial score (nSPS) is 16.8. The Morgan fingerprint density at radius 2 is 2.27 bits per heavy atom. The first kappa shape index (κ1) is 17.7. The van der Waals surface area contributed by atoms with E-state index in [0.717, 1.165) is 43.9 Å². The van der Waals surface area contributed by atoms with Gasteiger partial charge in [-0.1, -0.05) is 0 Å². The van der Waals surface area contributed by atoms with Crippen molar-refractivity contribution in [2.45, 2.75) is 26.2 Å². The average molecular weight is 351 g/mol. The second kappa shape index (κ2) is 8.34. The van der Waals surface area contributed by atoms with Gasteiger partial charge in [-0.05, 0) is 50.3 Å². The van der Waals surface area contributed by atoms with Crippen LogP contribution in [0.1, 0.15) is 41.3 Å². The third-order valence-electron chi connectivity index (χ3n) is 4.45. The minimum atomic E-state index is -0.195. The number of amides is 1. The predicted octanol–water partition coefficient (Wildman–Crippen LogP) is 1.48. The first-order valence-electron chi connectivity index (χ1n) is 8.72. The van der Waals surface area contributed by atoms with Gasteiger partial charge in [0.2, 0.25) is 5.82 Å². The van der Waals surface area contributed by atoms with E-state index in [2.05, 4.69) is 30.4 Å². The first-order chi connectivity index (χ1) is 12.7. The monoisotopic (exact) mass is 351 g/mol. The number of nitrogens with one attached hydrogen (secondary N) is 1. The highest BCUT2D eigenvalue weighted by Gasteiger charge is 2.21. The standard InChI is InChI=1S/C18H21N7O/c1-13-4-5-15(24-23-13)18(26)21-8-6-14-3-2-10-25(12-14)17-7-9-20-16(11-19)22-17/h4-5,7,9,14H,2-3,6,8,10,12H2,1H3,(H,21,26). The van der Waals surface area contributed by atoms with Crippen LogP contribution in [0.5, 0.6) is 0 Å². The van der Waals surface area contributed by atoms with E-state index in [-0.39, 0.29) is 11.7 Å². The predicted molar refractivity (Wildman–Crippen MR) is 95.4 cm³/mol. The zero-order valence-corrected chi connectivity index (χ0v) is 14.7. The van der Waals surface area contributed by atoms with Crippen molar-refractivity contribution in [1.29, 1.82) is 5.26 Å². The summed E-state index contributed by atoms with van der Waals surface area (Å²) >= 11 is 0. The van der Waals surface area contributed by atoms with Crippen LogP contribution in [0.25, 0.3) is 0 Å². The van der Waals surface area contributed by atoms with Gasteiger partial charge in [0.15, 0.2) is 5.69 Å². The van der Waals surface area contributed by atoms with Crippen molar-refractivity contribution >= 4 is 11.7 Å². The molecule has 0 bridgehead atoms. The van der Waals surface area contributed by atoms with E-state index in [1.165, 1.54) is 0 Å². The van der Waals surface area contributed by atoms with E-state index >= 15 is 0 Å². The molecular formula is C18H21N7O. The maximum Gasteiger partial charge on any atom is 0.271 e. The number of anilines is 1. The molecule has 134 valence electrons. The second-order valence-electron chi connectivity index (χ2n) is 6.41. The van der Waals surface area contributed by atoms with Crippen LogP contribution in [0.3, 0.4) is 0 Å². The van der Waals surface area contributed by atoms with Crippen molar-refractivity contribution in [3.05, 3.63) is 41.6 Å². The van der Waals surface area contributed by atoms with Crippen LogP contribution in [-0.2, 0) is 0 Å². The Kier molecular flexibility index (Phi) is 5.69. The highest BCUT2D eigenvalue weighted by Crippen LogP contribution is 2.23. The van der Waals surface area contributed by atoms with E-state index < -0.39 is 0 Å². The van der Waals surface area contributed by atoms with Gasteiger partial charge in [0.25, 0.3) is 5.91 Å². The molecule has 1 amide bonds. The Hall–Kier alpha value is -3.08. The molecule has 1 fully saturated rings. The number of nitriles is 1. The van der Waals surface area contributed by atoms with Gasteiger partial charge in [-0.25, -0.2) is 9.97 Å². The summed E-state index contributed by atoms with van der Waals surface area (Å²) in [5.74, 6) is 1.25. The zero-order valence-electron chi connectivity index (χ0n) is 14.7. The van der Waals surface area contributed by atoms with Gasteiger partial charge in [0.1, 0.15) is 11.9 Å². The number of carbonyl (C=O) groups excluding carboxylic acids is 1. The highest BCUT2D eigenvalue weighted by atomic mass is 16.1. The number of nitrogens with zero attached hydrogens (tertiary/aromatic N) is 6. The molecule has 8 nitrogen and oxygen atoms in total. The molecule has 26 heavy (non-hydrogen) atoms. The maximum atomic E-state index is 12.1. The van der Waals surface area contributed by atoms with Crippen LogP contribution in [0.15, 0.2) is 24.4 Å². The Morgan fingerprint density at radius 1 is 1.38 bits per heavy atom. The van der Waals surface area contributed by atoms with Gasteiger partial charge in [0.05, 0.1) is 5.69 Å². The molecule has 0 saturated carbocycles. The van der Waals surface area contributed by atoms with E-state index in [9.17, 15) is 4.79 Å². The molecule has 1 aliphatic rings. The molecule has 1 unspecified atom stereocenters. The van der Waals surface area contributed by atoms with Crippen molar-refractivity contribution in [2.24, 2.45) is 5.92 Å². The van der Waals surface area contributed by atoms with E-state index in [4.69, 9.17) is 5.26 Å². The average Bonchev–Trinajstić information content (AvgIpc) is 2.69. The molecule has 0 spiro atoms. The van der Waals surface area contributed by atoms with Crippen molar-refractivity contribution in [1.82, 2.24) is 25.5 Å². The smallest absolute Gasteiger partial charge is 0.271 e. The van der Waals surface area contributed by atoms with Crippen molar-refractivity contribution in [3.63, 3.8) is 0 Å². The molecule has 8 heteroatoms. The first-order valence-corrected chi connectivity index (χ1v) is 8.72. The molecule has 1 N–H and O–H groups in total. The fraction of sp³-hybridized carbons (Fsp3) is 0.444. The summed E-state index contributed by atoms with van der Waals surface area (Å²) in [4.78, 5) is 22.5. The largest absolute Gasteiger partial charge is 0.356 e. The number of rotatable bonds is 5. The number of hydrogen-bond donors (Lipinski definition) is 1. The van der Waals surface area contributed by atoms with Gasteiger partial charge in [-0.3, -0.25) is 4.79 Å². The van der Waals surface area contributed by atoms with Gasteiger partial charge in [-0.2, -0.15) is 10.4 Å². The maximum absolute atomic E-state index is 12.1. The molecular weight excluding hydrogens is 330 g/mol. The Labute approximate surface area is 152 Å². The van der Waals surface area contributed by atoms with Crippen LogP contribution in [0, 0.1) is 24.2 Å². The number of piperidine rings is 1. The third kappa shape index (κ3) is 4.51. The summed E-state index contributed by atoms with van der Waals surface area (Å²) in [6.45, 7) is 4.21. The van der Waals surface area contributed by atoms with Gasteiger partial charge >= 0.3 is 0 Å². The van der Waals surface area contributed by atoms with Crippen LogP contribution in [0.2, 0.25) is 0 Å². The number of carbonyl (C=O) groups is 1. The number of hydrogen-bond acceptors (Lipinski definition) is 7. The second-order valence-corrected chi connectivity index (χ2v) is 6.41. The lowest BCUT2D eigenvalue weighted by atomic mass is 9.95. The summed E-state index contributed by atoms with van der Waals surface area (Å²) < 4.78 is 0. The van der Waals surface area contributed by atoms with Gasteiger partial charge in [-0.15, -0.1) is 5.10 Å². The number of aromatic nitrogens is 4. The quantitative estimate of drug-likeness (QED) is 0.869. The molecule has 1 atom stereocenters. The Bertz CT molecular complexity index is 800. The molecule has 3 heterocycles. The van der Waals surface area contributed by atoms with Gasteiger partial charge < -0.3 is 10.2 Å². The van der Waals surface area contributed by atoms with Crippen molar-refractivity contribution < 1.29 is 4.79 Å². The van der Waals surface area contributed by atoms with E-state index in [1.807, 2.05) is 19.1 Å². The van der Waals surface area contributed by atoms with Crippen molar-refractivity contribution in [3.8, 4) is 6.07 Å². The third-order valence-corrected chi connectivity index (χ3v) is 4.45. The lowest BCUT2D eigenvalue weighted by Crippen LogP contribution is -2.37. The summed E-state index contributed by atoms with van der Waals surface area (Å²) in [6, 6.07) is 7.27. The summed E-state index contributed by atoms with van der Waals surface area (Å²) in [5.41, 5.74) is 1.12.